The molecule has 1 aromatic heterocycles. The largest absolute Gasteiger partial charge is 0.445 e. The minimum Gasteiger partial charge on any atom is -0.445 e. The van der Waals surface area contributed by atoms with Gasteiger partial charge < -0.3 is 4.42 Å². The van der Waals surface area contributed by atoms with Crippen molar-refractivity contribution < 1.29 is 4.42 Å². The summed E-state index contributed by atoms with van der Waals surface area (Å²) in [6, 6.07) is 18.4. The van der Waals surface area contributed by atoms with Crippen LogP contribution in [0.2, 0.25) is 0 Å². The van der Waals surface area contributed by atoms with Gasteiger partial charge >= 0.3 is 0 Å². The molecule has 0 spiro atoms. The summed E-state index contributed by atoms with van der Waals surface area (Å²) in [5.41, 5.74) is 4.10. The van der Waals surface area contributed by atoms with E-state index in [9.17, 15) is 0 Å². The van der Waals surface area contributed by atoms with Crippen molar-refractivity contribution in [2.24, 2.45) is 0 Å². The summed E-state index contributed by atoms with van der Waals surface area (Å²) in [5.74, 6) is 0.433. The molecular weight excluding hydrogens is 234 g/mol. The first-order valence-corrected chi connectivity index (χ1v) is 6.34. The third-order valence-electron chi connectivity index (χ3n) is 3.35. The molecule has 3 rings (SSSR count). The van der Waals surface area contributed by atoms with Crippen LogP contribution in [-0.4, -0.2) is 0 Å². The Kier molecular flexibility index (Phi) is 2.81. The first-order valence-electron chi connectivity index (χ1n) is 6.34. The molecule has 0 saturated carbocycles. The van der Waals surface area contributed by atoms with Crippen molar-refractivity contribution in [1.82, 2.24) is 0 Å². The molecule has 0 aliphatic carbocycles. The van der Waals surface area contributed by atoms with Crippen LogP contribution in [0.1, 0.15) is 18.2 Å². The second-order valence-corrected chi connectivity index (χ2v) is 4.45. The number of hydrogen-bond acceptors (Lipinski definition) is 2. The van der Waals surface area contributed by atoms with Crippen molar-refractivity contribution in [3.8, 4) is 17.2 Å². The van der Waals surface area contributed by atoms with E-state index in [2.05, 4.69) is 24.3 Å². The van der Waals surface area contributed by atoms with E-state index in [-0.39, 0.29) is 0 Å². The Balaban J connectivity index is 2.23. The number of nitrogens with zero attached hydrogens (tertiary/aromatic N) is 1. The smallest absolute Gasteiger partial charge is 0.207 e. The van der Waals surface area contributed by atoms with Crippen molar-refractivity contribution >= 4 is 11.0 Å². The standard InChI is InChI=1S/C17H13NO/c1-2-14-15-10-13(12-6-4-3-5-7-12)8-9-16(15)19-17(14)11-18/h3-10H,2H2,1H3. The predicted octanol–water partition coefficient (Wildman–Crippen LogP) is 4.53. The van der Waals surface area contributed by atoms with Crippen molar-refractivity contribution in [1.29, 1.82) is 5.26 Å². The summed E-state index contributed by atoms with van der Waals surface area (Å²) in [5, 5.41) is 10.1. The lowest BCUT2D eigenvalue weighted by molar-refractivity contribution is 0.594. The number of furan rings is 1. The van der Waals surface area contributed by atoms with E-state index in [0.29, 0.717) is 5.76 Å². The van der Waals surface area contributed by atoms with Gasteiger partial charge in [-0.15, -0.1) is 0 Å². The van der Waals surface area contributed by atoms with Gasteiger partial charge in [0.25, 0.3) is 0 Å². The maximum atomic E-state index is 9.09. The highest BCUT2D eigenvalue weighted by Gasteiger charge is 2.12. The lowest BCUT2D eigenvalue weighted by Crippen LogP contribution is -1.82. The van der Waals surface area contributed by atoms with Crippen LogP contribution in [0.3, 0.4) is 0 Å². The molecule has 92 valence electrons. The van der Waals surface area contributed by atoms with Crippen LogP contribution in [-0.2, 0) is 6.42 Å². The second-order valence-electron chi connectivity index (χ2n) is 4.45. The SMILES string of the molecule is CCc1c(C#N)oc2ccc(-c3ccccc3)cc12. The summed E-state index contributed by atoms with van der Waals surface area (Å²) < 4.78 is 5.57. The minimum absolute atomic E-state index is 0.433. The summed E-state index contributed by atoms with van der Waals surface area (Å²) in [6.07, 6.45) is 0.800. The van der Waals surface area contributed by atoms with Crippen LogP contribution in [0.5, 0.6) is 0 Å². The fourth-order valence-corrected chi connectivity index (χ4v) is 2.40. The van der Waals surface area contributed by atoms with Gasteiger partial charge in [-0.05, 0) is 29.7 Å². The molecule has 2 heteroatoms. The molecular formula is C17H13NO. The molecule has 0 radical (unpaired) electrons. The van der Waals surface area contributed by atoms with Crippen LogP contribution in [0.15, 0.2) is 52.9 Å². The molecule has 0 saturated heterocycles. The van der Waals surface area contributed by atoms with E-state index >= 15 is 0 Å². The van der Waals surface area contributed by atoms with E-state index < -0.39 is 0 Å². The Hall–Kier alpha value is -2.53. The Morgan fingerprint density at radius 2 is 1.84 bits per heavy atom. The van der Waals surface area contributed by atoms with Gasteiger partial charge in [-0.25, -0.2) is 0 Å². The maximum Gasteiger partial charge on any atom is 0.207 e. The van der Waals surface area contributed by atoms with Crippen molar-refractivity contribution in [2.45, 2.75) is 13.3 Å². The molecule has 0 amide bonds. The third-order valence-corrected chi connectivity index (χ3v) is 3.35. The number of fused-ring (bicyclic) bond motifs is 1. The van der Waals surface area contributed by atoms with Gasteiger partial charge in [0.05, 0.1) is 0 Å². The van der Waals surface area contributed by atoms with Gasteiger partial charge in [-0.2, -0.15) is 5.26 Å². The summed E-state index contributed by atoms with van der Waals surface area (Å²) in [6.45, 7) is 2.04. The van der Waals surface area contributed by atoms with Gasteiger partial charge in [0.15, 0.2) is 0 Å². The molecule has 0 bridgehead atoms. The molecule has 0 atom stereocenters. The average molecular weight is 247 g/mol. The fraction of sp³-hybridized carbons (Fsp3) is 0.118. The fourth-order valence-electron chi connectivity index (χ4n) is 2.40. The third kappa shape index (κ3) is 1.90. The van der Waals surface area contributed by atoms with Gasteiger partial charge in [0, 0.05) is 10.9 Å². The normalized spacial score (nSPS) is 10.5. The number of hydrogen-bond donors (Lipinski definition) is 0. The molecule has 0 aliphatic heterocycles. The average Bonchev–Trinajstić information content (AvgIpc) is 2.84. The zero-order chi connectivity index (χ0) is 13.2. The van der Waals surface area contributed by atoms with Crippen LogP contribution in [0.25, 0.3) is 22.1 Å². The molecule has 2 aromatic carbocycles. The summed E-state index contributed by atoms with van der Waals surface area (Å²) in [4.78, 5) is 0. The van der Waals surface area contributed by atoms with Gasteiger partial charge in [0.2, 0.25) is 5.76 Å². The highest BCUT2D eigenvalue weighted by atomic mass is 16.3. The monoisotopic (exact) mass is 247 g/mol. The molecule has 0 unspecified atom stereocenters. The van der Waals surface area contributed by atoms with E-state index in [4.69, 9.17) is 9.68 Å². The molecule has 2 nitrogen and oxygen atoms in total. The van der Waals surface area contributed by atoms with Gasteiger partial charge in [-0.1, -0.05) is 43.3 Å². The molecule has 0 aliphatic rings. The number of nitriles is 1. The van der Waals surface area contributed by atoms with Crippen molar-refractivity contribution in [3.63, 3.8) is 0 Å². The number of benzene rings is 2. The Morgan fingerprint density at radius 3 is 2.53 bits per heavy atom. The van der Waals surface area contributed by atoms with E-state index in [0.717, 1.165) is 28.5 Å². The molecule has 3 aromatic rings. The Bertz CT molecular complexity index is 763. The first kappa shape index (κ1) is 11.6. The quantitative estimate of drug-likeness (QED) is 0.667. The van der Waals surface area contributed by atoms with Crippen LogP contribution in [0, 0.1) is 11.3 Å². The molecule has 1 heterocycles. The zero-order valence-electron chi connectivity index (χ0n) is 10.7. The molecule has 19 heavy (non-hydrogen) atoms. The molecule has 0 N–H and O–H groups in total. The number of rotatable bonds is 2. The van der Waals surface area contributed by atoms with Crippen molar-refractivity contribution in [3.05, 3.63) is 59.9 Å². The highest BCUT2D eigenvalue weighted by molar-refractivity contribution is 5.88. The highest BCUT2D eigenvalue weighted by Crippen LogP contribution is 2.30. The summed E-state index contributed by atoms with van der Waals surface area (Å²) in [7, 11) is 0. The van der Waals surface area contributed by atoms with Crippen LogP contribution >= 0.6 is 0 Å². The topological polar surface area (TPSA) is 36.9 Å². The minimum atomic E-state index is 0.433. The Morgan fingerprint density at radius 1 is 1.05 bits per heavy atom. The lowest BCUT2D eigenvalue weighted by Gasteiger charge is -2.01. The van der Waals surface area contributed by atoms with Crippen LogP contribution < -0.4 is 0 Å². The van der Waals surface area contributed by atoms with E-state index in [1.165, 1.54) is 5.56 Å². The van der Waals surface area contributed by atoms with E-state index in [1.807, 2.05) is 37.3 Å². The molecule has 0 fully saturated rings. The number of aryl methyl sites for hydroxylation is 1. The summed E-state index contributed by atoms with van der Waals surface area (Å²) >= 11 is 0. The zero-order valence-corrected chi connectivity index (χ0v) is 10.7. The van der Waals surface area contributed by atoms with Gasteiger partial charge in [-0.3, -0.25) is 0 Å². The van der Waals surface area contributed by atoms with Gasteiger partial charge in [0.1, 0.15) is 11.7 Å². The second kappa shape index (κ2) is 4.62. The van der Waals surface area contributed by atoms with Crippen molar-refractivity contribution in [2.75, 3.05) is 0 Å². The van der Waals surface area contributed by atoms with E-state index in [1.54, 1.807) is 0 Å². The van der Waals surface area contributed by atoms with Crippen LogP contribution in [0.4, 0.5) is 0 Å². The lowest BCUT2D eigenvalue weighted by atomic mass is 10.0. The first-order chi connectivity index (χ1) is 9.33. The Labute approximate surface area is 111 Å². The predicted molar refractivity (Wildman–Crippen MR) is 75.7 cm³/mol. The maximum absolute atomic E-state index is 9.09.